The predicted molar refractivity (Wildman–Crippen MR) is 122 cm³/mol. The van der Waals surface area contributed by atoms with Crippen LogP contribution < -0.4 is 10.6 Å². The number of benzene rings is 1. The van der Waals surface area contributed by atoms with Gasteiger partial charge in [0.2, 0.25) is 0 Å². The Balaban J connectivity index is 0.00000320. The van der Waals surface area contributed by atoms with Crippen molar-refractivity contribution in [3.63, 3.8) is 0 Å². The van der Waals surface area contributed by atoms with Crippen LogP contribution in [0.25, 0.3) is 0 Å². The number of nitrogens with one attached hydrogen (secondary N) is 2. The fraction of sp³-hybridized carbons (Fsp3) is 0.316. The molecule has 0 radical (unpaired) electrons. The summed E-state index contributed by atoms with van der Waals surface area (Å²) in [7, 11) is 0. The highest BCUT2D eigenvalue weighted by Gasteiger charge is 2.33. The Hall–Kier alpha value is -2.15. The third-order valence-electron chi connectivity index (χ3n) is 3.96. The van der Waals surface area contributed by atoms with Crippen molar-refractivity contribution in [3.8, 4) is 0 Å². The van der Waals surface area contributed by atoms with Gasteiger partial charge in [-0.2, -0.15) is 13.2 Å². The van der Waals surface area contributed by atoms with Gasteiger partial charge in [-0.1, -0.05) is 24.3 Å². The first-order valence-corrected chi connectivity index (χ1v) is 9.89. The lowest BCUT2D eigenvalue weighted by molar-refractivity contribution is -0.140. The van der Waals surface area contributed by atoms with E-state index in [0.717, 1.165) is 34.4 Å². The molecular weight excluding hydrogens is 528 g/mol. The van der Waals surface area contributed by atoms with Gasteiger partial charge in [0.1, 0.15) is 5.01 Å². The molecule has 2 heterocycles. The maximum Gasteiger partial charge on any atom is 0.434 e. The number of halogens is 4. The number of alkyl halides is 3. The minimum atomic E-state index is -4.42. The van der Waals surface area contributed by atoms with E-state index < -0.39 is 11.9 Å². The fourth-order valence-corrected chi connectivity index (χ4v) is 3.28. The predicted octanol–water partition coefficient (Wildman–Crippen LogP) is 4.28. The molecule has 0 bridgehead atoms. The van der Waals surface area contributed by atoms with Crippen molar-refractivity contribution < 1.29 is 13.2 Å². The zero-order valence-electron chi connectivity index (χ0n) is 16.2. The average Bonchev–Trinajstić information content (AvgIpc) is 3.37. The largest absolute Gasteiger partial charge is 0.434 e. The van der Waals surface area contributed by atoms with E-state index in [2.05, 4.69) is 25.6 Å². The third-order valence-corrected chi connectivity index (χ3v) is 4.81. The fourth-order valence-electron chi connectivity index (χ4n) is 2.53. The molecule has 0 saturated carbocycles. The van der Waals surface area contributed by atoms with Crippen molar-refractivity contribution in [1.29, 1.82) is 0 Å². The van der Waals surface area contributed by atoms with Crippen molar-refractivity contribution >= 4 is 41.3 Å². The van der Waals surface area contributed by atoms with Crippen molar-refractivity contribution in [1.82, 2.24) is 25.2 Å². The van der Waals surface area contributed by atoms with Gasteiger partial charge < -0.3 is 15.2 Å². The molecule has 0 fully saturated rings. The van der Waals surface area contributed by atoms with Gasteiger partial charge in [0.05, 0.1) is 19.4 Å². The molecule has 0 atom stereocenters. The van der Waals surface area contributed by atoms with E-state index in [1.165, 1.54) is 0 Å². The summed E-state index contributed by atoms with van der Waals surface area (Å²) in [5, 5.41) is 7.48. The molecule has 11 heteroatoms. The van der Waals surface area contributed by atoms with Gasteiger partial charge in [0.25, 0.3) is 0 Å². The first-order valence-electron chi connectivity index (χ1n) is 9.01. The van der Waals surface area contributed by atoms with Crippen LogP contribution >= 0.6 is 35.3 Å². The van der Waals surface area contributed by atoms with Crippen LogP contribution in [0.15, 0.2) is 53.4 Å². The van der Waals surface area contributed by atoms with Crippen LogP contribution in [-0.2, 0) is 25.8 Å². The molecule has 0 aliphatic heterocycles. The molecule has 3 aromatic rings. The molecule has 0 aliphatic rings. The maximum absolute atomic E-state index is 12.6. The van der Waals surface area contributed by atoms with Crippen LogP contribution in [0.2, 0.25) is 0 Å². The van der Waals surface area contributed by atoms with Crippen molar-refractivity contribution in [2.45, 2.75) is 32.7 Å². The van der Waals surface area contributed by atoms with Gasteiger partial charge >= 0.3 is 6.18 Å². The van der Waals surface area contributed by atoms with Crippen molar-refractivity contribution in [2.24, 2.45) is 4.99 Å². The van der Waals surface area contributed by atoms with Gasteiger partial charge in [0.15, 0.2) is 11.7 Å². The smallest absolute Gasteiger partial charge is 0.357 e. The second kappa shape index (κ2) is 11.3. The lowest BCUT2D eigenvalue weighted by Crippen LogP contribution is -2.36. The summed E-state index contributed by atoms with van der Waals surface area (Å²) in [5.41, 5.74) is 1.33. The van der Waals surface area contributed by atoms with Gasteiger partial charge in [0, 0.05) is 30.9 Å². The van der Waals surface area contributed by atoms with Crippen LogP contribution in [0.5, 0.6) is 0 Å². The van der Waals surface area contributed by atoms with E-state index in [1.54, 1.807) is 12.5 Å². The number of aromatic nitrogens is 3. The summed E-state index contributed by atoms with van der Waals surface area (Å²) in [5.74, 6) is 0.527. The van der Waals surface area contributed by atoms with Crippen LogP contribution in [0.4, 0.5) is 13.2 Å². The molecule has 2 N–H and O–H groups in total. The Kier molecular flexibility index (Phi) is 9.08. The van der Waals surface area contributed by atoms with E-state index in [4.69, 9.17) is 0 Å². The van der Waals surface area contributed by atoms with Gasteiger partial charge in [-0.15, -0.1) is 35.3 Å². The summed E-state index contributed by atoms with van der Waals surface area (Å²) in [4.78, 5) is 12.1. The first-order chi connectivity index (χ1) is 13.9. The Labute approximate surface area is 193 Å². The molecule has 0 spiro atoms. The molecule has 1 aromatic carbocycles. The summed E-state index contributed by atoms with van der Waals surface area (Å²) in [6.45, 7) is 3.94. The molecule has 2 aromatic heterocycles. The molecule has 3 rings (SSSR count). The summed E-state index contributed by atoms with van der Waals surface area (Å²) in [6.07, 6.45) is 1.00. The lowest BCUT2D eigenvalue weighted by atomic mass is 10.1. The normalized spacial score (nSPS) is 11.8. The van der Waals surface area contributed by atoms with Crippen LogP contribution in [0.3, 0.4) is 0 Å². The number of guanidine groups is 1. The summed E-state index contributed by atoms with van der Waals surface area (Å²) < 4.78 is 39.9. The van der Waals surface area contributed by atoms with Crippen LogP contribution in [-0.4, -0.2) is 27.0 Å². The number of rotatable bonds is 7. The van der Waals surface area contributed by atoms with Crippen molar-refractivity contribution in [3.05, 3.63) is 70.2 Å². The summed E-state index contributed by atoms with van der Waals surface area (Å²) >= 11 is 0.971. The number of hydrogen-bond acceptors (Lipinski definition) is 4. The average molecular weight is 550 g/mol. The molecule has 0 aliphatic carbocycles. The highest BCUT2D eigenvalue weighted by atomic mass is 127. The van der Waals surface area contributed by atoms with Crippen molar-refractivity contribution in [2.75, 3.05) is 6.54 Å². The quantitative estimate of drug-likeness (QED) is 0.262. The minimum absolute atomic E-state index is 0. The first kappa shape index (κ1) is 24.1. The van der Waals surface area contributed by atoms with Crippen LogP contribution in [0.1, 0.15) is 28.8 Å². The Morgan fingerprint density at radius 2 is 1.90 bits per heavy atom. The third kappa shape index (κ3) is 7.27. The van der Waals surface area contributed by atoms with E-state index in [9.17, 15) is 13.2 Å². The number of nitrogens with zero attached hydrogens (tertiary/aromatic N) is 4. The number of imidazole rings is 1. The van der Waals surface area contributed by atoms with Gasteiger partial charge in [-0.05, 0) is 18.1 Å². The SMILES string of the molecule is CCNC(=NCc1ccc(Cn2ccnc2)cc1)NCc1nc(C(F)(F)F)cs1.I. The standard InChI is InChI=1S/C19H21F3N6S.HI/c1-2-24-18(26-10-17-27-16(12-29-17)19(20,21)22)25-9-14-3-5-15(6-4-14)11-28-8-7-23-13-28;/h3-8,12-13H,2,9-11H2,1H3,(H2,24,25,26);1H. The zero-order chi connectivity index (χ0) is 20.7. The minimum Gasteiger partial charge on any atom is -0.357 e. The number of thiazole rings is 1. The highest BCUT2D eigenvalue weighted by Crippen LogP contribution is 2.29. The molecule has 6 nitrogen and oxygen atoms in total. The van der Waals surface area contributed by atoms with E-state index in [-0.39, 0.29) is 30.5 Å². The van der Waals surface area contributed by atoms with E-state index in [0.29, 0.717) is 24.1 Å². The maximum atomic E-state index is 12.6. The molecular formula is C19H22F3IN6S. The van der Waals surface area contributed by atoms with Gasteiger partial charge in [-0.3, -0.25) is 0 Å². The zero-order valence-corrected chi connectivity index (χ0v) is 19.3. The Morgan fingerprint density at radius 1 is 1.17 bits per heavy atom. The number of aliphatic imine (C=N–C) groups is 1. The highest BCUT2D eigenvalue weighted by molar-refractivity contribution is 14.0. The molecule has 162 valence electrons. The Morgan fingerprint density at radius 3 is 2.50 bits per heavy atom. The van der Waals surface area contributed by atoms with Crippen LogP contribution in [0, 0.1) is 0 Å². The molecule has 0 unspecified atom stereocenters. The molecule has 0 amide bonds. The monoisotopic (exact) mass is 550 g/mol. The summed E-state index contributed by atoms with van der Waals surface area (Å²) in [6, 6.07) is 8.10. The Bertz CT molecular complexity index is 923. The molecule has 30 heavy (non-hydrogen) atoms. The molecule has 0 saturated heterocycles. The second-order valence-electron chi connectivity index (χ2n) is 6.22. The number of hydrogen-bond donors (Lipinski definition) is 2. The second-order valence-corrected chi connectivity index (χ2v) is 7.17. The lowest BCUT2D eigenvalue weighted by Gasteiger charge is -2.10. The van der Waals surface area contributed by atoms with E-state index >= 15 is 0 Å². The topological polar surface area (TPSA) is 67.1 Å². The van der Waals surface area contributed by atoms with E-state index in [1.807, 2.05) is 42.0 Å². The van der Waals surface area contributed by atoms with Gasteiger partial charge in [-0.25, -0.2) is 15.0 Å².